The van der Waals surface area contributed by atoms with Crippen molar-refractivity contribution >= 4 is 11.3 Å². The zero-order valence-electron chi connectivity index (χ0n) is 12.7. The van der Waals surface area contributed by atoms with E-state index >= 15 is 0 Å². The predicted molar refractivity (Wildman–Crippen MR) is 86.6 cm³/mol. The highest BCUT2D eigenvalue weighted by molar-refractivity contribution is 7.13. The van der Waals surface area contributed by atoms with Crippen LogP contribution in [0.15, 0.2) is 40.1 Å². The molecule has 0 unspecified atom stereocenters. The summed E-state index contributed by atoms with van der Waals surface area (Å²) in [6, 6.07) is 11.0. The minimum atomic E-state index is 0.267. The van der Waals surface area contributed by atoms with Crippen molar-refractivity contribution < 1.29 is 13.9 Å². The van der Waals surface area contributed by atoms with E-state index in [4.69, 9.17) is 19.2 Å². The second kappa shape index (κ2) is 6.55. The number of rotatable bonds is 5. The smallest absolute Gasteiger partial charge is 0.236 e. The molecule has 0 amide bonds. The molecular weight excluding hydrogens is 312 g/mol. The Morgan fingerprint density at radius 2 is 2.17 bits per heavy atom. The van der Waals surface area contributed by atoms with Gasteiger partial charge in [-0.1, -0.05) is 6.07 Å². The maximum atomic E-state index is 8.92. The van der Waals surface area contributed by atoms with Crippen LogP contribution in [-0.4, -0.2) is 12.1 Å². The van der Waals surface area contributed by atoms with Gasteiger partial charge < -0.3 is 13.9 Å². The Balaban J connectivity index is 1.78. The van der Waals surface area contributed by atoms with E-state index in [2.05, 4.69) is 11.1 Å². The first kappa shape index (κ1) is 15.1. The number of thiophene rings is 1. The summed E-state index contributed by atoms with van der Waals surface area (Å²) in [4.78, 5) is 5.46. The van der Waals surface area contributed by atoms with E-state index in [1.165, 1.54) is 0 Å². The van der Waals surface area contributed by atoms with Gasteiger partial charge in [-0.25, -0.2) is 4.98 Å². The predicted octanol–water partition coefficient (Wildman–Crippen LogP) is 4.17. The fourth-order valence-electron chi connectivity index (χ4n) is 2.07. The van der Waals surface area contributed by atoms with Crippen molar-refractivity contribution in [3.63, 3.8) is 0 Å². The Kier molecular flexibility index (Phi) is 4.31. The molecule has 0 aliphatic carbocycles. The van der Waals surface area contributed by atoms with Gasteiger partial charge in [0.25, 0.3) is 0 Å². The molecule has 0 spiro atoms. The number of aromatic nitrogens is 1. The molecule has 3 aromatic rings. The minimum Gasteiger partial charge on any atom is -0.493 e. The summed E-state index contributed by atoms with van der Waals surface area (Å²) in [6.07, 6.45) is 0. The number of ether oxygens (including phenoxy) is 2. The average molecular weight is 326 g/mol. The maximum Gasteiger partial charge on any atom is 0.236 e. The van der Waals surface area contributed by atoms with Crippen molar-refractivity contribution in [2.24, 2.45) is 0 Å². The van der Waals surface area contributed by atoms with Gasteiger partial charge in [0.15, 0.2) is 11.5 Å². The van der Waals surface area contributed by atoms with Gasteiger partial charge in [0.2, 0.25) is 5.89 Å². The van der Waals surface area contributed by atoms with Crippen LogP contribution in [0, 0.1) is 18.3 Å². The minimum absolute atomic E-state index is 0.267. The molecule has 0 saturated carbocycles. The lowest BCUT2D eigenvalue weighted by atomic mass is 10.2. The number of oxazole rings is 1. The van der Waals surface area contributed by atoms with Crippen LogP contribution in [0.4, 0.5) is 0 Å². The summed E-state index contributed by atoms with van der Waals surface area (Å²) in [6.45, 7) is 2.13. The van der Waals surface area contributed by atoms with Crippen molar-refractivity contribution in [2.45, 2.75) is 13.5 Å². The second-order valence-electron chi connectivity index (χ2n) is 4.77. The first-order valence-corrected chi connectivity index (χ1v) is 7.80. The Labute approximate surface area is 137 Å². The molecule has 2 aromatic heterocycles. The first-order valence-electron chi connectivity index (χ1n) is 6.92. The fourth-order valence-corrected chi connectivity index (χ4v) is 2.72. The molecule has 0 N–H and O–H groups in total. The van der Waals surface area contributed by atoms with Crippen LogP contribution in [0.1, 0.15) is 17.0 Å². The third-order valence-electron chi connectivity index (χ3n) is 3.28. The van der Waals surface area contributed by atoms with Crippen LogP contribution < -0.4 is 9.47 Å². The van der Waals surface area contributed by atoms with Crippen LogP contribution in [-0.2, 0) is 6.61 Å². The van der Waals surface area contributed by atoms with Crippen LogP contribution in [0.25, 0.3) is 10.8 Å². The molecule has 0 aliphatic rings. The lowest BCUT2D eigenvalue weighted by Gasteiger charge is -2.09. The number of nitriles is 1. The SMILES string of the molecule is COc1cc(C#N)ccc1OCc1nc(-c2cccs2)oc1C. The van der Waals surface area contributed by atoms with E-state index in [9.17, 15) is 0 Å². The Bertz CT molecular complexity index is 847. The quantitative estimate of drug-likeness (QED) is 0.704. The molecule has 0 bridgehead atoms. The molecule has 2 heterocycles. The standard InChI is InChI=1S/C17H14N2O3S/c1-11-13(19-17(22-11)16-4-3-7-23-16)10-21-14-6-5-12(9-18)8-15(14)20-2/h3-8H,10H2,1-2H3. The number of hydrogen-bond donors (Lipinski definition) is 0. The number of methoxy groups -OCH3 is 1. The van der Waals surface area contributed by atoms with E-state index in [-0.39, 0.29) is 6.61 Å². The highest BCUT2D eigenvalue weighted by Crippen LogP contribution is 2.30. The lowest BCUT2D eigenvalue weighted by molar-refractivity contribution is 0.279. The summed E-state index contributed by atoms with van der Waals surface area (Å²) in [5, 5.41) is 10.9. The van der Waals surface area contributed by atoms with Crippen molar-refractivity contribution in [1.82, 2.24) is 4.98 Å². The summed E-state index contributed by atoms with van der Waals surface area (Å²) in [5.74, 6) is 2.40. The number of benzene rings is 1. The molecule has 0 fully saturated rings. The lowest BCUT2D eigenvalue weighted by Crippen LogP contribution is -1.99. The van der Waals surface area contributed by atoms with Crippen molar-refractivity contribution in [3.8, 4) is 28.3 Å². The van der Waals surface area contributed by atoms with Crippen molar-refractivity contribution in [3.05, 3.63) is 52.7 Å². The number of aryl methyl sites for hydroxylation is 1. The van der Waals surface area contributed by atoms with Crippen LogP contribution in [0.5, 0.6) is 11.5 Å². The fraction of sp³-hybridized carbons (Fsp3) is 0.176. The monoisotopic (exact) mass is 326 g/mol. The topological polar surface area (TPSA) is 68.3 Å². The van der Waals surface area contributed by atoms with Crippen LogP contribution in [0.2, 0.25) is 0 Å². The molecule has 1 aromatic carbocycles. The van der Waals surface area contributed by atoms with E-state index in [1.54, 1.807) is 36.6 Å². The van der Waals surface area contributed by atoms with Crippen molar-refractivity contribution in [2.75, 3.05) is 7.11 Å². The normalized spacial score (nSPS) is 10.3. The van der Waals surface area contributed by atoms with E-state index in [0.717, 1.165) is 16.3 Å². The Morgan fingerprint density at radius 1 is 1.30 bits per heavy atom. The molecule has 0 radical (unpaired) electrons. The van der Waals surface area contributed by atoms with E-state index < -0.39 is 0 Å². The van der Waals surface area contributed by atoms with Gasteiger partial charge in [-0.05, 0) is 30.5 Å². The second-order valence-corrected chi connectivity index (χ2v) is 5.71. The Morgan fingerprint density at radius 3 is 2.87 bits per heavy atom. The zero-order valence-corrected chi connectivity index (χ0v) is 13.5. The molecule has 3 rings (SSSR count). The van der Waals surface area contributed by atoms with Crippen molar-refractivity contribution in [1.29, 1.82) is 5.26 Å². The summed E-state index contributed by atoms with van der Waals surface area (Å²) < 4.78 is 16.7. The van der Waals surface area contributed by atoms with Gasteiger partial charge in [0.1, 0.15) is 18.1 Å². The largest absolute Gasteiger partial charge is 0.493 e. The number of nitrogens with zero attached hydrogens (tertiary/aromatic N) is 2. The van der Waals surface area contributed by atoms with Gasteiger partial charge >= 0.3 is 0 Å². The zero-order chi connectivity index (χ0) is 16.2. The molecule has 23 heavy (non-hydrogen) atoms. The summed E-state index contributed by atoms with van der Waals surface area (Å²) >= 11 is 1.58. The molecule has 5 nitrogen and oxygen atoms in total. The Hall–Kier alpha value is -2.78. The molecule has 0 saturated heterocycles. The maximum absolute atomic E-state index is 8.92. The van der Waals surface area contributed by atoms with Gasteiger partial charge in [0.05, 0.1) is 23.6 Å². The molecule has 0 aliphatic heterocycles. The molecule has 116 valence electrons. The highest BCUT2D eigenvalue weighted by Gasteiger charge is 2.14. The molecule has 0 atom stereocenters. The van der Waals surface area contributed by atoms with Gasteiger partial charge in [-0.15, -0.1) is 11.3 Å². The average Bonchev–Trinajstić information content (AvgIpc) is 3.22. The van der Waals surface area contributed by atoms with Gasteiger partial charge in [-0.3, -0.25) is 0 Å². The van der Waals surface area contributed by atoms with Crippen LogP contribution in [0.3, 0.4) is 0 Å². The van der Waals surface area contributed by atoms with E-state index in [1.807, 2.05) is 24.4 Å². The summed E-state index contributed by atoms with van der Waals surface area (Å²) in [5.41, 5.74) is 1.26. The van der Waals surface area contributed by atoms with Gasteiger partial charge in [0, 0.05) is 6.07 Å². The number of hydrogen-bond acceptors (Lipinski definition) is 6. The van der Waals surface area contributed by atoms with Crippen LogP contribution >= 0.6 is 11.3 Å². The van der Waals surface area contributed by atoms with Gasteiger partial charge in [-0.2, -0.15) is 5.26 Å². The molecule has 6 heteroatoms. The third-order valence-corrected chi connectivity index (χ3v) is 4.14. The van der Waals surface area contributed by atoms with E-state index in [0.29, 0.717) is 23.0 Å². The third kappa shape index (κ3) is 3.20. The summed E-state index contributed by atoms with van der Waals surface area (Å²) in [7, 11) is 1.54. The first-order chi connectivity index (χ1) is 11.2. The molecular formula is C17H14N2O3S. The highest BCUT2D eigenvalue weighted by atomic mass is 32.1.